The zero-order valence-corrected chi connectivity index (χ0v) is 13.3. The van der Waals surface area contributed by atoms with Crippen LogP contribution in [0.5, 0.6) is 0 Å². The number of nitrogens with one attached hydrogen (secondary N) is 1. The lowest BCUT2D eigenvalue weighted by atomic mass is 9.91. The molecule has 0 aliphatic carbocycles. The molecule has 0 rings (SSSR count). The highest BCUT2D eigenvalue weighted by molar-refractivity contribution is 4.62. The Morgan fingerprint density at radius 2 is 1.17 bits per heavy atom. The van der Waals surface area contributed by atoms with E-state index < -0.39 is 0 Å². The summed E-state index contributed by atoms with van der Waals surface area (Å²) in [6, 6.07) is 0. The Morgan fingerprint density at radius 1 is 0.667 bits per heavy atom. The molecule has 0 aromatic carbocycles. The van der Waals surface area contributed by atoms with E-state index in [-0.39, 0.29) is 0 Å². The van der Waals surface area contributed by atoms with Crippen LogP contribution < -0.4 is 5.32 Å². The van der Waals surface area contributed by atoms with E-state index in [0.29, 0.717) is 0 Å². The number of hydrogen-bond donors (Lipinski definition) is 1. The van der Waals surface area contributed by atoms with Crippen molar-refractivity contribution in [1.29, 1.82) is 0 Å². The second-order valence-corrected chi connectivity index (χ2v) is 5.81. The fourth-order valence-electron chi connectivity index (χ4n) is 2.68. The third-order valence-corrected chi connectivity index (χ3v) is 3.98. The van der Waals surface area contributed by atoms with Crippen LogP contribution in [0.3, 0.4) is 0 Å². The molecule has 1 nitrogen and oxygen atoms in total. The van der Waals surface area contributed by atoms with Crippen molar-refractivity contribution in [2.24, 2.45) is 5.92 Å². The summed E-state index contributed by atoms with van der Waals surface area (Å²) >= 11 is 0. The molecular weight excluding hydrogens is 218 g/mol. The second-order valence-electron chi connectivity index (χ2n) is 5.81. The van der Waals surface area contributed by atoms with E-state index in [1.807, 2.05) is 0 Å². The third kappa shape index (κ3) is 12.4. The number of rotatable bonds is 14. The molecule has 0 aliphatic heterocycles. The van der Waals surface area contributed by atoms with Crippen molar-refractivity contribution in [3.63, 3.8) is 0 Å². The minimum Gasteiger partial charge on any atom is -0.320 e. The van der Waals surface area contributed by atoms with Gasteiger partial charge in [-0.2, -0.15) is 0 Å². The van der Waals surface area contributed by atoms with E-state index in [1.165, 1.54) is 83.6 Å². The molecule has 1 atom stereocenters. The molecule has 18 heavy (non-hydrogen) atoms. The van der Waals surface area contributed by atoms with Gasteiger partial charge in [-0.25, -0.2) is 0 Å². The molecule has 0 radical (unpaired) electrons. The summed E-state index contributed by atoms with van der Waals surface area (Å²) in [5, 5.41) is 3.31. The Labute approximate surface area is 116 Å². The summed E-state index contributed by atoms with van der Waals surface area (Å²) < 4.78 is 0. The summed E-state index contributed by atoms with van der Waals surface area (Å²) in [4.78, 5) is 0. The molecule has 0 fully saturated rings. The van der Waals surface area contributed by atoms with Gasteiger partial charge in [0, 0.05) is 0 Å². The smallest absolute Gasteiger partial charge is 0.00493 e. The normalized spacial score (nSPS) is 12.8. The highest BCUT2D eigenvalue weighted by Gasteiger charge is 2.07. The maximum absolute atomic E-state index is 3.31. The van der Waals surface area contributed by atoms with Crippen molar-refractivity contribution < 1.29 is 0 Å². The minimum atomic E-state index is 0.982. The zero-order valence-electron chi connectivity index (χ0n) is 13.3. The molecule has 0 aliphatic rings. The van der Waals surface area contributed by atoms with Crippen LogP contribution in [-0.2, 0) is 0 Å². The van der Waals surface area contributed by atoms with Crippen molar-refractivity contribution in [2.75, 3.05) is 13.6 Å². The molecule has 0 saturated carbocycles. The van der Waals surface area contributed by atoms with Crippen LogP contribution in [0.25, 0.3) is 0 Å². The Kier molecular flexibility index (Phi) is 15.0. The monoisotopic (exact) mass is 255 g/mol. The summed E-state index contributed by atoms with van der Waals surface area (Å²) in [6.07, 6.45) is 17.2. The summed E-state index contributed by atoms with van der Waals surface area (Å²) in [6.45, 7) is 5.79. The van der Waals surface area contributed by atoms with Gasteiger partial charge in [0.25, 0.3) is 0 Å². The first-order valence-electron chi connectivity index (χ1n) is 8.49. The SMILES string of the molecule is CCCCCCCC(CCCCCC)CCNC. The van der Waals surface area contributed by atoms with Crippen LogP contribution in [-0.4, -0.2) is 13.6 Å². The molecule has 0 heterocycles. The standard InChI is InChI=1S/C17H37N/c1-4-6-8-10-12-14-17(15-16-18-3)13-11-9-7-5-2/h17-18H,4-16H2,1-3H3. The van der Waals surface area contributed by atoms with Crippen LogP contribution in [0.2, 0.25) is 0 Å². The molecular formula is C17H37N. The fraction of sp³-hybridized carbons (Fsp3) is 1.00. The molecule has 1 unspecified atom stereocenters. The van der Waals surface area contributed by atoms with Crippen molar-refractivity contribution in [3.05, 3.63) is 0 Å². The van der Waals surface area contributed by atoms with Crippen molar-refractivity contribution in [1.82, 2.24) is 5.32 Å². The molecule has 0 spiro atoms. The number of unbranched alkanes of at least 4 members (excludes halogenated alkanes) is 7. The minimum absolute atomic E-state index is 0.982. The topological polar surface area (TPSA) is 12.0 Å². The van der Waals surface area contributed by atoms with Gasteiger partial charge >= 0.3 is 0 Å². The third-order valence-electron chi connectivity index (χ3n) is 3.98. The predicted molar refractivity (Wildman–Crippen MR) is 84.2 cm³/mol. The Hall–Kier alpha value is -0.0400. The maximum atomic E-state index is 3.31. The highest BCUT2D eigenvalue weighted by atomic mass is 14.8. The fourth-order valence-corrected chi connectivity index (χ4v) is 2.68. The van der Waals surface area contributed by atoms with Gasteiger partial charge in [0.2, 0.25) is 0 Å². The quantitative estimate of drug-likeness (QED) is 0.402. The van der Waals surface area contributed by atoms with Gasteiger partial charge in [-0.1, -0.05) is 84.5 Å². The maximum Gasteiger partial charge on any atom is -0.00493 e. The predicted octanol–water partition coefficient (Wildman–Crippen LogP) is 5.54. The zero-order chi connectivity index (χ0) is 13.5. The van der Waals surface area contributed by atoms with Gasteiger partial charge in [0.15, 0.2) is 0 Å². The number of hydrogen-bond acceptors (Lipinski definition) is 1. The highest BCUT2D eigenvalue weighted by Crippen LogP contribution is 2.21. The molecule has 0 aromatic heterocycles. The van der Waals surface area contributed by atoms with Gasteiger partial charge in [-0.3, -0.25) is 0 Å². The molecule has 0 amide bonds. The van der Waals surface area contributed by atoms with E-state index >= 15 is 0 Å². The molecule has 1 N–H and O–H groups in total. The van der Waals surface area contributed by atoms with E-state index in [0.717, 1.165) is 5.92 Å². The first-order chi connectivity index (χ1) is 8.85. The van der Waals surface area contributed by atoms with Crippen LogP contribution in [0.4, 0.5) is 0 Å². The summed E-state index contributed by atoms with van der Waals surface area (Å²) in [5.74, 6) is 0.982. The van der Waals surface area contributed by atoms with Crippen molar-refractivity contribution >= 4 is 0 Å². The van der Waals surface area contributed by atoms with Gasteiger partial charge < -0.3 is 5.32 Å². The lowest BCUT2D eigenvalue weighted by Crippen LogP contribution is -2.13. The van der Waals surface area contributed by atoms with Gasteiger partial charge in [0.1, 0.15) is 0 Å². The van der Waals surface area contributed by atoms with E-state index in [1.54, 1.807) is 0 Å². The van der Waals surface area contributed by atoms with Gasteiger partial charge in [-0.15, -0.1) is 0 Å². The van der Waals surface area contributed by atoms with Gasteiger partial charge in [-0.05, 0) is 25.9 Å². The molecule has 1 heteroatoms. The molecule has 110 valence electrons. The Balaban J connectivity index is 3.56. The summed E-state index contributed by atoms with van der Waals surface area (Å²) in [7, 11) is 2.08. The van der Waals surface area contributed by atoms with E-state index in [9.17, 15) is 0 Å². The first kappa shape index (κ1) is 18.0. The van der Waals surface area contributed by atoms with Crippen LogP contribution >= 0.6 is 0 Å². The first-order valence-corrected chi connectivity index (χ1v) is 8.49. The van der Waals surface area contributed by atoms with E-state index in [2.05, 4.69) is 26.2 Å². The lowest BCUT2D eigenvalue weighted by molar-refractivity contribution is 0.378. The van der Waals surface area contributed by atoms with Crippen LogP contribution in [0.1, 0.15) is 90.9 Å². The Morgan fingerprint density at radius 3 is 1.67 bits per heavy atom. The lowest BCUT2D eigenvalue weighted by Gasteiger charge is -2.16. The van der Waals surface area contributed by atoms with Gasteiger partial charge in [0.05, 0.1) is 0 Å². The molecule has 0 saturated heterocycles. The largest absolute Gasteiger partial charge is 0.320 e. The van der Waals surface area contributed by atoms with Crippen LogP contribution in [0, 0.1) is 5.92 Å². The second kappa shape index (κ2) is 15.0. The average molecular weight is 255 g/mol. The summed E-state index contributed by atoms with van der Waals surface area (Å²) in [5.41, 5.74) is 0. The van der Waals surface area contributed by atoms with E-state index in [4.69, 9.17) is 0 Å². The van der Waals surface area contributed by atoms with Crippen LogP contribution in [0.15, 0.2) is 0 Å². The Bertz CT molecular complexity index is 145. The molecule has 0 bridgehead atoms. The average Bonchev–Trinajstić information content (AvgIpc) is 2.39. The van der Waals surface area contributed by atoms with Crippen molar-refractivity contribution in [2.45, 2.75) is 90.9 Å². The van der Waals surface area contributed by atoms with Crippen molar-refractivity contribution in [3.8, 4) is 0 Å². The molecule has 0 aromatic rings.